The van der Waals surface area contributed by atoms with Gasteiger partial charge in [0.2, 0.25) is 5.76 Å². The number of furan rings is 1. The third kappa shape index (κ3) is 2.06. The molecule has 88 valence electrons. The Labute approximate surface area is 102 Å². The SMILES string of the molecule is CCCc1c(C#N)oc2ccc(C(C)C)cc12. The fourth-order valence-corrected chi connectivity index (χ4v) is 2.11. The van der Waals surface area contributed by atoms with Crippen molar-refractivity contribution in [3.63, 3.8) is 0 Å². The largest absolute Gasteiger partial charge is 0.445 e. The van der Waals surface area contributed by atoms with E-state index in [1.807, 2.05) is 6.07 Å². The van der Waals surface area contributed by atoms with Gasteiger partial charge in [-0.15, -0.1) is 0 Å². The highest BCUT2D eigenvalue weighted by atomic mass is 16.3. The van der Waals surface area contributed by atoms with Gasteiger partial charge >= 0.3 is 0 Å². The number of fused-ring (bicyclic) bond motifs is 1. The molecule has 0 unspecified atom stereocenters. The summed E-state index contributed by atoms with van der Waals surface area (Å²) in [6.45, 7) is 6.46. The average molecular weight is 227 g/mol. The Morgan fingerprint density at radius 2 is 2.12 bits per heavy atom. The van der Waals surface area contributed by atoms with Gasteiger partial charge < -0.3 is 4.42 Å². The van der Waals surface area contributed by atoms with E-state index in [0.717, 1.165) is 29.4 Å². The first kappa shape index (κ1) is 11.7. The van der Waals surface area contributed by atoms with Gasteiger partial charge in [-0.1, -0.05) is 33.3 Å². The molecule has 1 aromatic heterocycles. The van der Waals surface area contributed by atoms with Crippen LogP contribution in [0.1, 0.15) is 50.0 Å². The van der Waals surface area contributed by atoms with Crippen molar-refractivity contribution < 1.29 is 4.42 Å². The molecule has 0 amide bonds. The average Bonchev–Trinajstić information content (AvgIpc) is 2.67. The van der Waals surface area contributed by atoms with Crippen LogP contribution in [-0.2, 0) is 6.42 Å². The number of hydrogen-bond acceptors (Lipinski definition) is 2. The van der Waals surface area contributed by atoms with Crippen LogP contribution < -0.4 is 0 Å². The summed E-state index contributed by atoms with van der Waals surface area (Å²) in [6, 6.07) is 8.37. The van der Waals surface area contributed by atoms with Gasteiger partial charge in [-0.25, -0.2) is 0 Å². The zero-order valence-corrected chi connectivity index (χ0v) is 10.6. The van der Waals surface area contributed by atoms with E-state index in [2.05, 4.69) is 39.0 Å². The lowest BCUT2D eigenvalue weighted by Gasteiger charge is -2.04. The number of aryl methyl sites for hydroxylation is 1. The highest BCUT2D eigenvalue weighted by molar-refractivity contribution is 5.84. The molecule has 1 aromatic carbocycles. The quantitative estimate of drug-likeness (QED) is 0.780. The van der Waals surface area contributed by atoms with Crippen molar-refractivity contribution in [3.05, 3.63) is 35.1 Å². The number of nitrogens with zero attached hydrogens (tertiary/aromatic N) is 1. The predicted octanol–water partition coefficient (Wildman–Crippen LogP) is 4.38. The minimum absolute atomic E-state index is 0.475. The lowest BCUT2D eigenvalue weighted by molar-refractivity contribution is 0.592. The van der Waals surface area contributed by atoms with Crippen LogP contribution in [0.25, 0.3) is 11.0 Å². The molecule has 2 nitrogen and oxygen atoms in total. The van der Waals surface area contributed by atoms with E-state index in [9.17, 15) is 0 Å². The van der Waals surface area contributed by atoms with Crippen LogP contribution in [0.4, 0.5) is 0 Å². The fourth-order valence-electron chi connectivity index (χ4n) is 2.11. The maximum atomic E-state index is 9.08. The van der Waals surface area contributed by atoms with Gasteiger partial charge in [-0.3, -0.25) is 0 Å². The minimum atomic E-state index is 0.475. The highest BCUT2D eigenvalue weighted by Crippen LogP contribution is 2.29. The summed E-state index contributed by atoms with van der Waals surface area (Å²) in [6.07, 6.45) is 1.92. The van der Waals surface area contributed by atoms with Crippen LogP contribution in [0.15, 0.2) is 22.6 Å². The number of nitriles is 1. The van der Waals surface area contributed by atoms with E-state index in [4.69, 9.17) is 9.68 Å². The van der Waals surface area contributed by atoms with Crippen molar-refractivity contribution in [3.8, 4) is 6.07 Å². The summed E-state index contributed by atoms with van der Waals surface area (Å²) in [5, 5.41) is 10.2. The number of benzene rings is 1. The van der Waals surface area contributed by atoms with E-state index in [1.54, 1.807) is 0 Å². The third-order valence-electron chi connectivity index (χ3n) is 3.08. The Balaban J connectivity index is 2.65. The van der Waals surface area contributed by atoms with Crippen molar-refractivity contribution in [1.82, 2.24) is 0 Å². The van der Waals surface area contributed by atoms with Crippen LogP contribution in [0.2, 0.25) is 0 Å². The van der Waals surface area contributed by atoms with E-state index < -0.39 is 0 Å². The van der Waals surface area contributed by atoms with Gasteiger partial charge in [-0.2, -0.15) is 5.26 Å². The Morgan fingerprint density at radius 3 is 2.71 bits per heavy atom. The molecule has 0 aliphatic carbocycles. The fraction of sp³-hybridized carbons (Fsp3) is 0.400. The van der Waals surface area contributed by atoms with Crippen LogP contribution in [0, 0.1) is 11.3 Å². The molecule has 2 aromatic rings. The van der Waals surface area contributed by atoms with Crippen molar-refractivity contribution in [2.24, 2.45) is 0 Å². The second-order valence-corrected chi connectivity index (χ2v) is 4.68. The van der Waals surface area contributed by atoms with Crippen LogP contribution in [0.3, 0.4) is 0 Å². The topological polar surface area (TPSA) is 36.9 Å². The van der Waals surface area contributed by atoms with E-state index in [0.29, 0.717) is 11.7 Å². The molecule has 0 aliphatic rings. The van der Waals surface area contributed by atoms with Crippen molar-refractivity contribution >= 4 is 11.0 Å². The molecule has 1 heterocycles. The van der Waals surface area contributed by atoms with Gasteiger partial charge in [-0.05, 0) is 30.0 Å². The smallest absolute Gasteiger partial charge is 0.207 e. The van der Waals surface area contributed by atoms with E-state index in [1.165, 1.54) is 5.56 Å². The van der Waals surface area contributed by atoms with Crippen LogP contribution in [0.5, 0.6) is 0 Å². The van der Waals surface area contributed by atoms with E-state index in [-0.39, 0.29) is 0 Å². The third-order valence-corrected chi connectivity index (χ3v) is 3.08. The molecule has 0 fully saturated rings. The highest BCUT2D eigenvalue weighted by Gasteiger charge is 2.14. The Bertz CT molecular complexity index is 572. The van der Waals surface area contributed by atoms with Crippen molar-refractivity contribution in [2.45, 2.75) is 39.5 Å². The molecule has 0 radical (unpaired) electrons. The van der Waals surface area contributed by atoms with Crippen LogP contribution >= 0.6 is 0 Å². The first-order valence-corrected chi connectivity index (χ1v) is 6.12. The molecule has 0 bridgehead atoms. The predicted molar refractivity (Wildman–Crippen MR) is 69.0 cm³/mol. The first-order valence-electron chi connectivity index (χ1n) is 6.12. The molecule has 0 N–H and O–H groups in total. The maximum Gasteiger partial charge on any atom is 0.207 e. The van der Waals surface area contributed by atoms with Gasteiger partial charge in [0.05, 0.1) is 0 Å². The molecule has 0 saturated carbocycles. The molecule has 2 rings (SSSR count). The van der Waals surface area contributed by atoms with Crippen LogP contribution in [-0.4, -0.2) is 0 Å². The summed E-state index contributed by atoms with van der Waals surface area (Å²) in [4.78, 5) is 0. The zero-order valence-electron chi connectivity index (χ0n) is 10.6. The summed E-state index contributed by atoms with van der Waals surface area (Å²) >= 11 is 0. The monoisotopic (exact) mass is 227 g/mol. The number of hydrogen-bond donors (Lipinski definition) is 0. The Morgan fingerprint density at radius 1 is 1.35 bits per heavy atom. The molecular formula is C15H17NO. The summed E-state index contributed by atoms with van der Waals surface area (Å²) in [5.74, 6) is 0.970. The lowest BCUT2D eigenvalue weighted by atomic mass is 9.99. The standard InChI is InChI=1S/C15H17NO/c1-4-5-12-13-8-11(10(2)3)6-7-14(13)17-15(12)9-16/h6-8,10H,4-5H2,1-3H3. The second kappa shape index (κ2) is 4.63. The van der Waals surface area contributed by atoms with Gasteiger partial charge in [0.1, 0.15) is 11.7 Å². The molecular weight excluding hydrogens is 210 g/mol. The molecule has 17 heavy (non-hydrogen) atoms. The molecule has 0 aliphatic heterocycles. The summed E-state index contributed by atoms with van der Waals surface area (Å²) < 4.78 is 5.57. The lowest BCUT2D eigenvalue weighted by Crippen LogP contribution is -1.88. The number of rotatable bonds is 3. The normalized spacial score (nSPS) is 11.0. The van der Waals surface area contributed by atoms with Gasteiger partial charge in [0.15, 0.2) is 0 Å². The zero-order chi connectivity index (χ0) is 12.4. The molecule has 0 spiro atoms. The summed E-state index contributed by atoms with van der Waals surface area (Å²) in [5.41, 5.74) is 3.18. The second-order valence-electron chi connectivity index (χ2n) is 4.68. The van der Waals surface area contributed by atoms with E-state index >= 15 is 0 Å². The van der Waals surface area contributed by atoms with Gasteiger partial charge in [0, 0.05) is 10.9 Å². The first-order chi connectivity index (χ1) is 8.17. The van der Waals surface area contributed by atoms with Gasteiger partial charge in [0.25, 0.3) is 0 Å². The molecule has 0 saturated heterocycles. The van der Waals surface area contributed by atoms with Crippen molar-refractivity contribution in [2.75, 3.05) is 0 Å². The maximum absolute atomic E-state index is 9.08. The van der Waals surface area contributed by atoms with Crippen molar-refractivity contribution in [1.29, 1.82) is 5.26 Å². The molecule has 2 heteroatoms. The Hall–Kier alpha value is -1.75. The minimum Gasteiger partial charge on any atom is -0.445 e. The molecule has 0 atom stereocenters. The summed E-state index contributed by atoms with van der Waals surface area (Å²) in [7, 11) is 0. The Kier molecular flexibility index (Phi) is 3.19.